The van der Waals surface area contributed by atoms with E-state index in [1.807, 2.05) is 51.1 Å². The molecular formula is C36H51NO8. The first-order valence-electron chi connectivity index (χ1n) is 16.7. The predicted molar refractivity (Wildman–Crippen MR) is 170 cm³/mol. The fraction of sp³-hybridized carbons (Fsp3) is 0.639. The number of allylic oxidation sites excluding steroid dienone is 3. The third kappa shape index (κ3) is 8.23. The number of fused-ring (bicyclic) bond motifs is 3. The standard InChI is InChI=1S/C36H51NO8/c1-5-27(21-26-14-12-15-28(38)22-26)31-17-9-7-6-8-13-23(2)32(39)25(4)30-19-18-24(3)36(43,45-30)33(40)34(41)37-20-11-10-16-29(37)35(42)44-31/h6,8-9,12,14-15,17,22-25,27,29-32,38-39,43H,5,7,10-11,13,16,18-21H2,1-4H3/b8-6+,17-9+/t23-,24-,25+,27-,29?,30+,31+,32+,36-/m1/s1. The number of benzene rings is 1. The van der Waals surface area contributed by atoms with E-state index in [1.54, 1.807) is 25.1 Å². The van der Waals surface area contributed by atoms with E-state index in [1.165, 1.54) is 4.90 Å². The van der Waals surface area contributed by atoms with Gasteiger partial charge in [-0.2, -0.15) is 0 Å². The van der Waals surface area contributed by atoms with E-state index >= 15 is 0 Å². The number of hydrogen-bond acceptors (Lipinski definition) is 8. The molecule has 2 saturated heterocycles. The molecule has 9 heteroatoms. The van der Waals surface area contributed by atoms with Crippen molar-refractivity contribution in [2.45, 2.75) is 116 Å². The molecule has 1 aromatic rings. The molecular weight excluding hydrogens is 574 g/mol. The fourth-order valence-corrected chi connectivity index (χ4v) is 6.93. The zero-order valence-electron chi connectivity index (χ0n) is 27.1. The largest absolute Gasteiger partial charge is 0.508 e. The molecule has 3 heterocycles. The Labute approximate surface area is 267 Å². The van der Waals surface area contributed by atoms with Crippen LogP contribution in [0.1, 0.15) is 84.6 Å². The first kappa shape index (κ1) is 34.9. The second kappa shape index (κ2) is 15.5. The van der Waals surface area contributed by atoms with Crippen LogP contribution in [0.25, 0.3) is 0 Å². The van der Waals surface area contributed by atoms with Gasteiger partial charge in [0, 0.05) is 24.3 Å². The average Bonchev–Trinajstić information content (AvgIpc) is 3.04. The van der Waals surface area contributed by atoms with Crippen molar-refractivity contribution in [3.05, 3.63) is 54.1 Å². The van der Waals surface area contributed by atoms with Gasteiger partial charge in [0.05, 0.1) is 12.2 Å². The molecule has 3 N–H and O–H groups in total. The molecule has 0 saturated carbocycles. The molecule has 3 aliphatic rings. The summed E-state index contributed by atoms with van der Waals surface area (Å²) in [5, 5.41) is 32.8. The van der Waals surface area contributed by atoms with E-state index in [0.29, 0.717) is 57.8 Å². The Hall–Kier alpha value is -3.01. The topological polar surface area (TPSA) is 134 Å². The Bertz CT molecular complexity index is 1250. The highest BCUT2D eigenvalue weighted by molar-refractivity contribution is 6.39. The summed E-state index contributed by atoms with van der Waals surface area (Å²) < 4.78 is 12.2. The molecule has 3 aliphatic heterocycles. The maximum Gasteiger partial charge on any atom is 0.329 e. The summed E-state index contributed by atoms with van der Waals surface area (Å²) in [4.78, 5) is 42.6. The van der Waals surface area contributed by atoms with Gasteiger partial charge < -0.3 is 29.7 Å². The van der Waals surface area contributed by atoms with Crippen molar-refractivity contribution in [3.8, 4) is 5.75 Å². The molecule has 2 bridgehead atoms. The Morgan fingerprint density at radius 2 is 1.82 bits per heavy atom. The molecule has 9 atom stereocenters. The molecule has 45 heavy (non-hydrogen) atoms. The van der Waals surface area contributed by atoms with Crippen LogP contribution in [0.4, 0.5) is 0 Å². The van der Waals surface area contributed by atoms with Crippen molar-refractivity contribution >= 4 is 17.7 Å². The lowest BCUT2D eigenvalue weighted by Gasteiger charge is -2.44. The molecule has 2 fully saturated rings. The predicted octanol–water partition coefficient (Wildman–Crippen LogP) is 4.87. The quantitative estimate of drug-likeness (QED) is 0.245. The van der Waals surface area contributed by atoms with Gasteiger partial charge in [0.15, 0.2) is 0 Å². The highest BCUT2D eigenvalue weighted by atomic mass is 16.6. The summed E-state index contributed by atoms with van der Waals surface area (Å²) in [6.45, 7) is 7.69. The number of phenolic OH excluding ortho intramolecular Hbond substituents is 1. The summed E-state index contributed by atoms with van der Waals surface area (Å²) in [7, 11) is 0. The smallest absolute Gasteiger partial charge is 0.329 e. The lowest BCUT2D eigenvalue weighted by Crippen LogP contribution is -2.61. The molecule has 0 aliphatic carbocycles. The Balaban J connectivity index is 1.67. The molecule has 1 amide bonds. The zero-order valence-corrected chi connectivity index (χ0v) is 27.1. The number of cyclic esters (lactones) is 1. The van der Waals surface area contributed by atoms with E-state index in [-0.39, 0.29) is 30.0 Å². The van der Waals surface area contributed by atoms with Crippen molar-refractivity contribution in [1.82, 2.24) is 4.90 Å². The van der Waals surface area contributed by atoms with Crippen molar-refractivity contribution in [2.24, 2.45) is 23.7 Å². The Morgan fingerprint density at radius 1 is 1.04 bits per heavy atom. The molecule has 0 radical (unpaired) electrons. The minimum absolute atomic E-state index is 0.106. The second-order valence-corrected chi connectivity index (χ2v) is 13.3. The maximum atomic E-state index is 13.8. The van der Waals surface area contributed by atoms with Gasteiger partial charge in [0.2, 0.25) is 5.79 Å². The van der Waals surface area contributed by atoms with Crippen LogP contribution in [-0.2, 0) is 30.3 Å². The zero-order chi connectivity index (χ0) is 32.7. The number of carbonyl (C=O) groups is 3. The first-order chi connectivity index (χ1) is 21.5. The average molecular weight is 626 g/mol. The van der Waals surface area contributed by atoms with Gasteiger partial charge in [-0.15, -0.1) is 0 Å². The monoisotopic (exact) mass is 625 g/mol. The van der Waals surface area contributed by atoms with Gasteiger partial charge in [0.25, 0.3) is 11.7 Å². The van der Waals surface area contributed by atoms with E-state index in [4.69, 9.17) is 9.47 Å². The van der Waals surface area contributed by atoms with Gasteiger partial charge in [-0.05, 0) is 87.5 Å². The summed E-state index contributed by atoms with van der Waals surface area (Å²) in [6, 6.07) is 6.05. The minimum Gasteiger partial charge on any atom is -0.508 e. The summed E-state index contributed by atoms with van der Waals surface area (Å²) in [6.07, 6.45) is 11.0. The number of amides is 1. The van der Waals surface area contributed by atoms with Crippen LogP contribution >= 0.6 is 0 Å². The maximum absolute atomic E-state index is 13.8. The number of aliphatic hydroxyl groups is 2. The van der Waals surface area contributed by atoms with Gasteiger partial charge >= 0.3 is 5.97 Å². The van der Waals surface area contributed by atoms with E-state index in [0.717, 1.165) is 5.56 Å². The van der Waals surface area contributed by atoms with E-state index in [9.17, 15) is 29.7 Å². The lowest BCUT2D eigenvalue weighted by atomic mass is 9.80. The van der Waals surface area contributed by atoms with Crippen LogP contribution in [0, 0.1) is 23.7 Å². The van der Waals surface area contributed by atoms with Crippen molar-refractivity contribution in [1.29, 1.82) is 0 Å². The number of Topliss-reactive ketones (excluding diaryl/α,β-unsaturated/α-hetero) is 1. The van der Waals surface area contributed by atoms with E-state index in [2.05, 4.69) is 0 Å². The normalized spacial score (nSPS) is 36.1. The molecule has 248 valence electrons. The van der Waals surface area contributed by atoms with Gasteiger partial charge in [-0.25, -0.2) is 4.79 Å². The van der Waals surface area contributed by atoms with Crippen LogP contribution in [0.2, 0.25) is 0 Å². The van der Waals surface area contributed by atoms with E-state index < -0.39 is 53.7 Å². The number of nitrogens with zero attached hydrogens (tertiary/aromatic N) is 1. The van der Waals surface area contributed by atoms with Crippen LogP contribution in [0.5, 0.6) is 5.75 Å². The molecule has 1 unspecified atom stereocenters. The highest BCUT2D eigenvalue weighted by Crippen LogP contribution is 2.38. The number of ketones is 1. The van der Waals surface area contributed by atoms with Gasteiger partial charge in [-0.3, -0.25) is 9.59 Å². The number of aromatic hydroxyl groups is 1. The van der Waals surface area contributed by atoms with Crippen LogP contribution in [0.15, 0.2) is 48.6 Å². The van der Waals surface area contributed by atoms with Gasteiger partial charge in [-0.1, -0.05) is 58.1 Å². The highest BCUT2D eigenvalue weighted by Gasteiger charge is 2.54. The molecule has 4 rings (SSSR count). The third-order valence-electron chi connectivity index (χ3n) is 10.1. The van der Waals surface area contributed by atoms with Crippen LogP contribution < -0.4 is 0 Å². The lowest BCUT2D eigenvalue weighted by molar-refractivity contribution is -0.274. The number of phenols is 1. The molecule has 9 nitrogen and oxygen atoms in total. The molecule has 0 aromatic heterocycles. The second-order valence-electron chi connectivity index (χ2n) is 13.3. The van der Waals surface area contributed by atoms with Gasteiger partial charge in [0.1, 0.15) is 17.9 Å². The number of rotatable bonds is 4. The van der Waals surface area contributed by atoms with Crippen molar-refractivity contribution in [2.75, 3.05) is 6.54 Å². The van der Waals surface area contributed by atoms with Crippen molar-refractivity contribution in [3.63, 3.8) is 0 Å². The summed E-state index contributed by atoms with van der Waals surface area (Å²) in [5.41, 5.74) is 0.914. The Morgan fingerprint density at radius 3 is 2.56 bits per heavy atom. The minimum atomic E-state index is -2.36. The summed E-state index contributed by atoms with van der Waals surface area (Å²) in [5.74, 6) is -6.04. The summed E-state index contributed by atoms with van der Waals surface area (Å²) >= 11 is 0. The number of hydrogen-bond donors (Lipinski definition) is 3. The fourth-order valence-electron chi connectivity index (χ4n) is 6.93. The third-order valence-corrected chi connectivity index (χ3v) is 10.1. The molecule has 1 aromatic carbocycles. The van der Waals surface area contributed by atoms with Crippen molar-refractivity contribution < 1.29 is 39.2 Å². The Kier molecular flexibility index (Phi) is 12.0. The van der Waals surface area contributed by atoms with Crippen LogP contribution in [0.3, 0.4) is 0 Å². The number of carbonyl (C=O) groups excluding carboxylic acids is 3. The number of esters is 1. The number of ether oxygens (including phenoxy) is 2. The first-order valence-corrected chi connectivity index (χ1v) is 16.7. The SMILES string of the molecule is CC[C@H](Cc1cccc(O)c1)[C@@H]1/C=C/C/C=C/C[C@@H](C)[C@H](O)[C@@H](C)[C@@H]2CC[C@@H](C)[C@@](O)(O2)C(=O)C(=O)N2CCCCC2C(=O)O1. The number of aliphatic hydroxyl groups excluding tert-OH is 1. The van der Waals surface area contributed by atoms with Crippen LogP contribution in [-0.4, -0.2) is 74.6 Å². The number of piperidine rings is 1. The molecule has 0 spiro atoms.